The van der Waals surface area contributed by atoms with E-state index in [0.717, 1.165) is 65.6 Å². The van der Waals surface area contributed by atoms with E-state index in [4.69, 9.17) is 9.47 Å². The van der Waals surface area contributed by atoms with E-state index in [1.165, 1.54) is 122 Å². The molecule has 0 saturated carbocycles. The number of hydrogen-bond donors (Lipinski definition) is 6. The van der Waals surface area contributed by atoms with Crippen LogP contribution in [0.15, 0.2) is 267 Å². The summed E-state index contributed by atoms with van der Waals surface area (Å²) in [7, 11) is -18.8. The number of ketones is 4. The van der Waals surface area contributed by atoms with E-state index in [1.807, 2.05) is 0 Å². The molecule has 0 saturated heterocycles. The van der Waals surface area contributed by atoms with E-state index in [-0.39, 0.29) is 373 Å². The molecule has 4 heterocycles. The number of rotatable bonds is 37. The molecule has 0 spiro atoms. The quantitative estimate of drug-likeness (QED) is 0.00308. The van der Waals surface area contributed by atoms with Crippen molar-refractivity contribution < 1.29 is 385 Å². The van der Waals surface area contributed by atoms with Gasteiger partial charge < -0.3 is 90.4 Å². The molecule has 16 rings (SSSR count). The van der Waals surface area contributed by atoms with Gasteiger partial charge in [-0.3, -0.25) is 48.9 Å². The first kappa shape index (κ1) is 122. The van der Waals surface area contributed by atoms with Gasteiger partial charge >= 0.3 is 248 Å². The number of carbonyl (C=O) groups excluding carboxylic acids is 6. The molecule has 2 aromatic heterocycles. The number of carbonyl (C=O) groups is 6. The number of nitrogens with one attached hydrogen (secondary N) is 6. The SMILES string of the molecule is CN1C(=O)C(C(=O)c2cccc(SOO[O-])c2)=C2c3ccccc3C(=O)C3=C(Nc4cc(Nc5nc(NCCNc6nc(Nc7cc(NC8=C9C(=O)c%10ccccc%10C%10=C(C(=O)c%11cccc(S(=O)(=O)[O-])c%11)C(=O)N(C)C(C=C8)C9%10)c(S(=O)(=O)[O-])cc7SOO[O-])nc(Oc7ccc(S(=O)(=O)[O-])cc7)n6)nc(Oc6ccc(SOO[O-])cc6)n5)c(S(=O)(=O)[O-])cc4SOO[O-])C=CC1C32.[Na+].[Na+].[Na+].[Na+].[Na+].[Na+].[Na+].[Na+]. The summed E-state index contributed by atoms with van der Waals surface area (Å²) in [5.41, 5.74) is -3.26. The second-order valence-corrected chi connectivity index (χ2v) is 37.1. The van der Waals surface area contributed by atoms with Gasteiger partial charge in [0.1, 0.15) is 52.0 Å². The summed E-state index contributed by atoms with van der Waals surface area (Å²) in [5, 5.41) is 75.9. The molecule has 2 amide bonds. The molecule has 0 bridgehead atoms. The van der Waals surface area contributed by atoms with Crippen molar-refractivity contribution >= 4 is 181 Å². The van der Waals surface area contributed by atoms with Crippen LogP contribution in [0.5, 0.6) is 23.5 Å². The Morgan fingerprint density at radius 1 is 0.380 bits per heavy atom. The molecule has 4 atom stereocenters. The van der Waals surface area contributed by atoms with Gasteiger partial charge in [0.25, 0.3) is 11.8 Å². The second-order valence-electron chi connectivity index (χ2n) is 28.6. The number of allylic oxidation sites excluding steroid dienone is 2. The molecule has 8 aromatic carbocycles. The number of Topliss-reactive ketones (excluding diaryl/α,β-unsaturated/α-hetero) is 4. The topological polar surface area (TPSA) is 672 Å². The number of nitrogens with zero attached hydrogens (tertiary/aromatic N) is 8. The number of hydrogen-bond acceptors (Lipinski definition) is 48. The first-order valence-corrected chi connectivity index (χ1v) is 46.5. The Kier molecular flexibility index (Phi) is 45.1. The van der Waals surface area contributed by atoms with E-state index in [2.05, 4.69) is 99.3 Å². The van der Waals surface area contributed by atoms with Gasteiger partial charge in [-0.05, 0) is 131 Å². The van der Waals surface area contributed by atoms with Gasteiger partial charge in [0.05, 0.1) is 124 Å². The summed E-state index contributed by atoms with van der Waals surface area (Å²) >= 11 is 1.15. The maximum atomic E-state index is 15.2. The zero-order valence-corrected chi connectivity index (χ0v) is 97.6. The Hall–Kier alpha value is -5.20. The van der Waals surface area contributed by atoms with Crippen molar-refractivity contribution in [1.82, 2.24) is 39.7 Å². The summed E-state index contributed by atoms with van der Waals surface area (Å²) in [6, 6.07) is 31.4. The van der Waals surface area contributed by atoms with Crippen LogP contribution in [0.3, 0.4) is 0 Å². The summed E-state index contributed by atoms with van der Waals surface area (Å²) in [6.45, 7) is -0.639. The minimum atomic E-state index is -5.68. The number of aromatic nitrogens is 6. The average molecular weight is 2160 g/mol. The molecule has 2 aliphatic heterocycles. The Balaban J connectivity index is 0.00000308. The molecular weight excluding hydrogens is 2110 g/mol. The maximum Gasteiger partial charge on any atom is 1.00 e. The van der Waals surface area contributed by atoms with Gasteiger partial charge in [0.15, 0.2) is 23.1 Å². The van der Waals surface area contributed by atoms with E-state index in [9.17, 15) is 92.1 Å². The van der Waals surface area contributed by atoms with Crippen molar-refractivity contribution in [2.45, 2.75) is 51.2 Å². The van der Waals surface area contributed by atoms with Gasteiger partial charge in [-0.15, -0.1) is 0 Å². The van der Waals surface area contributed by atoms with Crippen LogP contribution in [0.2, 0.25) is 0 Å². The van der Waals surface area contributed by atoms with Crippen molar-refractivity contribution in [3.05, 3.63) is 261 Å². The number of benzene rings is 8. The molecule has 10 aromatic rings. The maximum absolute atomic E-state index is 15.2. The van der Waals surface area contributed by atoms with Crippen LogP contribution in [0, 0.1) is 11.8 Å². The van der Waals surface area contributed by atoms with Crippen molar-refractivity contribution in [3.8, 4) is 23.5 Å². The number of likely N-dealkylation sites (N-methyl/N-ethyl adjacent to an activating group) is 2. The number of fused-ring (bicyclic) bond motifs is 4. The summed E-state index contributed by atoms with van der Waals surface area (Å²) < 4.78 is 184. The average Bonchev–Trinajstić information content (AvgIpc) is 0.708. The molecule has 690 valence electrons. The van der Waals surface area contributed by atoms with Crippen LogP contribution in [-0.2, 0) is 87.5 Å². The minimum Gasteiger partial charge on any atom is -0.744 e. The van der Waals surface area contributed by atoms with Gasteiger partial charge in [-0.2, -0.15) is 47.2 Å². The standard InChI is InChI=1S/C80H60N14O32S8.8Na/c1-93-55-27-25-49(63-65(55)61(45-13-3-5-15-47(45)71(63)97)67(73(93)99)69(95)37-9-7-11-42(31-37)128-124-120-102)83-51-33-54(60(134(114,115)116)35-57(51)129-125-121-103)86-78-88-76(90-80(92-78)117-39-17-21-41(22-18-39)127-123-119-101)82-30-29-81-75-87-77(91-79(89-75)118-40-19-23-43(24-20-40)131(105,106)107)85-52-34-53(59(133(111,112)113)36-58(52)130-126-122-104)84-50-26-28-56-66-62(46-14-4-6-16-48(46)72(98)64(50)66)68(74(100)94(56)2)70(96)38-10-8-12-44(32-38)132(108,109)110;;;;;;;;/h3-28,31-36,55-56,65-66,83-84,101-104H,29-30H2,1-2H3,(H,105,106,107)(H,108,109,110)(H,111,112,113)(H,114,115,116)(H2,81,85,87,89,91)(H2,82,86,88,90,92);;;;;;;;/q;8*+1/p-8. The van der Waals surface area contributed by atoms with E-state index < -0.39 is 182 Å². The van der Waals surface area contributed by atoms with Crippen molar-refractivity contribution in [1.29, 1.82) is 0 Å². The Morgan fingerprint density at radius 2 is 0.754 bits per heavy atom. The van der Waals surface area contributed by atoms with Crippen LogP contribution in [-0.4, -0.2) is 166 Å². The Bertz CT molecular complexity index is 7310. The van der Waals surface area contributed by atoms with Crippen molar-refractivity contribution in [2.75, 3.05) is 59.1 Å². The molecule has 6 aliphatic rings. The smallest absolute Gasteiger partial charge is 0.744 e. The predicted molar refractivity (Wildman–Crippen MR) is 450 cm³/mol. The summed E-state index contributed by atoms with van der Waals surface area (Å²) in [5.74, 6) is -9.42. The van der Waals surface area contributed by atoms with Gasteiger partial charge in [0.2, 0.25) is 23.8 Å². The summed E-state index contributed by atoms with van der Waals surface area (Å²) in [6.07, 6.45) is 5.71. The van der Waals surface area contributed by atoms with Crippen LogP contribution in [0.25, 0.3) is 11.1 Å². The Morgan fingerprint density at radius 3 is 1.18 bits per heavy atom. The van der Waals surface area contributed by atoms with Gasteiger partial charge in [0, 0.05) is 93.6 Å². The normalized spacial score (nSPS) is 15.9. The largest absolute Gasteiger partial charge is 1.00 e. The van der Waals surface area contributed by atoms with Crippen LogP contribution >= 0.6 is 48.2 Å². The van der Waals surface area contributed by atoms with E-state index >= 15 is 9.59 Å². The minimum absolute atomic E-state index is 0. The molecule has 0 fully saturated rings. The Labute approximate surface area is 998 Å². The third kappa shape index (κ3) is 27.2. The first-order valence-electron chi connectivity index (χ1n) is 37.9. The molecule has 4 unspecified atom stereocenters. The fourth-order valence-corrected chi connectivity index (χ4v) is 19.4. The number of ether oxygens (including phenoxy) is 2. The predicted octanol–water partition coefficient (Wildman–Crippen LogP) is -18.3. The summed E-state index contributed by atoms with van der Waals surface area (Å²) in [4.78, 5) is 114. The zero-order valence-electron chi connectivity index (χ0n) is 75.1. The van der Waals surface area contributed by atoms with Gasteiger partial charge in [-0.25, -0.2) is 33.7 Å². The zero-order chi connectivity index (χ0) is 95.0. The first-order chi connectivity index (χ1) is 64.1. The molecular formula is C80H52N14Na8O32S8. The molecule has 62 heteroatoms. The molecule has 4 aliphatic carbocycles. The van der Waals surface area contributed by atoms with Crippen molar-refractivity contribution in [3.63, 3.8) is 0 Å². The fourth-order valence-electron chi connectivity index (χ4n) is 15.3. The molecule has 0 radical (unpaired) electrons. The van der Waals surface area contributed by atoms with E-state index in [1.54, 1.807) is 24.3 Å². The number of amides is 2. The fraction of sp³-hybridized carbons (Fsp3) is 0.100. The number of anilines is 8. The van der Waals surface area contributed by atoms with Crippen LogP contribution < -0.4 is 299 Å². The third-order valence-corrected chi connectivity index (χ3v) is 26.8. The van der Waals surface area contributed by atoms with Crippen molar-refractivity contribution in [2.24, 2.45) is 11.8 Å². The third-order valence-electron chi connectivity index (χ3n) is 20.9. The molecule has 6 N–H and O–H groups in total. The van der Waals surface area contributed by atoms with Crippen LogP contribution in [0.1, 0.15) is 52.6 Å². The molecule has 46 nitrogen and oxygen atoms in total. The second kappa shape index (κ2) is 52.5. The monoisotopic (exact) mass is 2160 g/mol. The van der Waals surface area contributed by atoms with Gasteiger partial charge in [-0.1, -0.05) is 84.9 Å². The van der Waals surface area contributed by atoms with Crippen LogP contribution in [0.4, 0.5) is 46.5 Å². The van der Waals surface area contributed by atoms with E-state index in [0.29, 0.717) is 35.0 Å². The molecule has 142 heavy (non-hydrogen) atoms.